The third kappa shape index (κ3) is 4.85. The van der Waals surface area contributed by atoms with Crippen LogP contribution in [0, 0.1) is 5.92 Å². The van der Waals surface area contributed by atoms with Crippen molar-refractivity contribution in [3.8, 4) is 0 Å². The maximum absolute atomic E-state index is 4.30. The highest BCUT2D eigenvalue weighted by molar-refractivity contribution is 5.24. The SMILES string of the molecule is C[C@@H]1CN(Cc2ccccc2)C[C@H]1NCc1cccc(Cn2cccn2)c1. The molecule has 1 aliphatic rings. The van der Waals surface area contributed by atoms with Crippen molar-refractivity contribution in [2.45, 2.75) is 32.6 Å². The molecule has 1 N–H and O–H groups in total. The lowest BCUT2D eigenvalue weighted by atomic mass is 10.1. The van der Waals surface area contributed by atoms with Crippen LogP contribution in [0.3, 0.4) is 0 Å². The minimum Gasteiger partial charge on any atom is -0.308 e. The molecule has 0 bridgehead atoms. The van der Waals surface area contributed by atoms with Gasteiger partial charge < -0.3 is 5.32 Å². The van der Waals surface area contributed by atoms with Gasteiger partial charge in [-0.2, -0.15) is 5.10 Å². The van der Waals surface area contributed by atoms with Gasteiger partial charge in [0, 0.05) is 44.6 Å². The molecular weight excluding hydrogens is 332 g/mol. The van der Waals surface area contributed by atoms with Crippen LogP contribution >= 0.6 is 0 Å². The van der Waals surface area contributed by atoms with Crippen molar-refractivity contribution in [2.24, 2.45) is 5.92 Å². The molecule has 1 aromatic heterocycles. The van der Waals surface area contributed by atoms with Gasteiger partial charge in [-0.3, -0.25) is 9.58 Å². The molecule has 2 aromatic carbocycles. The van der Waals surface area contributed by atoms with Crippen LogP contribution in [-0.4, -0.2) is 33.8 Å². The fourth-order valence-electron chi connectivity index (χ4n) is 3.97. The molecule has 2 heterocycles. The Kier molecular flexibility index (Phi) is 5.66. The zero-order valence-corrected chi connectivity index (χ0v) is 16.0. The van der Waals surface area contributed by atoms with Crippen LogP contribution in [0.5, 0.6) is 0 Å². The summed E-state index contributed by atoms with van der Waals surface area (Å²) in [5.74, 6) is 0.668. The Morgan fingerprint density at radius 1 is 0.926 bits per heavy atom. The lowest BCUT2D eigenvalue weighted by Crippen LogP contribution is -2.35. The number of benzene rings is 2. The summed E-state index contributed by atoms with van der Waals surface area (Å²) in [4.78, 5) is 2.56. The van der Waals surface area contributed by atoms with E-state index in [1.807, 2.05) is 23.1 Å². The minimum absolute atomic E-state index is 0.545. The first-order valence-electron chi connectivity index (χ1n) is 9.81. The summed E-state index contributed by atoms with van der Waals surface area (Å²) in [6.07, 6.45) is 3.83. The number of hydrogen-bond acceptors (Lipinski definition) is 3. The summed E-state index contributed by atoms with van der Waals surface area (Å²) < 4.78 is 1.97. The highest BCUT2D eigenvalue weighted by Gasteiger charge is 2.28. The molecule has 0 saturated carbocycles. The van der Waals surface area contributed by atoms with Crippen molar-refractivity contribution in [1.82, 2.24) is 20.0 Å². The quantitative estimate of drug-likeness (QED) is 0.700. The Morgan fingerprint density at radius 2 is 1.74 bits per heavy atom. The van der Waals surface area contributed by atoms with E-state index in [0.29, 0.717) is 12.0 Å². The van der Waals surface area contributed by atoms with E-state index in [-0.39, 0.29) is 0 Å². The molecular formula is C23H28N4. The molecule has 0 aliphatic carbocycles. The maximum Gasteiger partial charge on any atom is 0.0659 e. The number of likely N-dealkylation sites (tertiary alicyclic amines) is 1. The zero-order chi connectivity index (χ0) is 18.5. The maximum atomic E-state index is 4.30. The molecule has 4 nitrogen and oxygen atoms in total. The Bertz CT molecular complexity index is 829. The molecule has 0 unspecified atom stereocenters. The number of nitrogens with zero attached hydrogens (tertiary/aromatic N) is 3. The van der Waals surface area contributed by atoms with E-state index < -0.39 is 0 Å². The number of rotatable bonds is 7. The van der Waals surface area contributed by atoms with Gasteiger partial charge in [-0.15, -0.1) is 0 Å². The van der Waals surface area contributed by atoms with E-state index in [1.54, 1.807) is 0 Å². The Balaban J connectivity index is 1.31. The summed E-state index contributed by atoms with van der Waals surface area (Å²) in [7, 11) is 0. The monoisotopic (exact) mass is 360 g/mol. The standard InChI is InChI=1S/C23H28N4/c1-19-15-26(16-20-7-3-2-4-8-20)18-23(19)24-14-21-9-5-10-22(13-21)17-27-12-6-11-25-27/h2-13,19,23-24H,14-18H2,1H3/t19-,23-/m1/s1. The molecule has 1 fully saturated rings. The molecule has 0 radical (unpaired) electrons. The van der Waals surface area contributed by atoms with Crippen LogP contribution in [-0.2, 0) is 19.6 Å². The predicted octanol–water partition coefficient (Wildman–Crippen LogP) is 3.54. The topological polar surface area (TPSA) is 33.1 Å². The molecule has 0 spiro atoms. The van der Waals surface area contributed by atoms with Gasteiger partial charge in [-0.05, 0) is 28.7 Å². The summed E-state index contributed by atoms with van der Waals surface area (Å²) in [5.41, 5.74) is 4.04. The molecule has 27 heavy (non-hydrogen) atoms. The highest BCUT2D eigenvalue weighted by Crippen LogP contribution is 2.19. The molecule has 3 aromatic rings. The summed E-state index contributed by atoms with van der Waals surface area (Å²) in [5, 5.41) is 8.08. The lowest BCUT2D eigenvalue weighted by molar-refractivity contribution is 0.316. The lowest BCUT2D eigenvalue weighted by Gasteiger charge is -2.18. The first-order chi connectivity index (χ1) is 13.3. The van der Waals surface area contributed by atoms with E-state index in [4.69, 9.17) is 0 Å². The van der Waals surface area contributed by atoms with Crippen molar-refractivity contribution >= 4 is 0 Å². The van der Waals surface area contributed by atoms with Gasteiger partial charge in [0.05, 0.1) is 6.54 Å². The predicted molar refractivity (Wildman–Crippen MR) is 109 cm³/mol. The fraction of sp³-hybridized carbons (Fsp3) is 0.348. The molecule has 1 aliphatic heterocycles. The van der Waals surface area contributed by atoms with Gasteiger partial charge in [0.15, 0.2) is 0 Å². The van der Waals surface area contributed by atoms with Gasteiger partial charge in [0.2, 0.25) is 0 Å². The van der Waals surface area contributed by atoms with E-state index >= 15 is 0 Å². The normalized spacial score (nSPS) is 20.2. The Hall–Kier alpha value is -2.43. The van der Waals surface area contributed by atoms with Crippen molar-refractivity contribution in [3.05, 3.63) is 89.7 Å². The van der Waals surface area contributed by atoms with Crippen molar-refractivity contribution < 1.29 is 0 Å². The molecule has 0 amide bonds. The molecule has 4 rings (SSSR count). The average Bonchev–Trinajstić information content (AvgIpc) is 3.31. The third-order valence-corrected chi connectivity index (χ3v) is 5.40. The van der Waals surface area contributed by atoms with Crippen molar-refractivity contribution in [1.29, 1.82) is 0 Å². The summed E-state index contributed by atoms with van der Waals surface area (Å²) in [6, 6.07) is 22.1. The first kappa shape index (κ1) is 18.0. The third-order valence-electron chi connectivity index (χ3n) is 5.40. The second kappa shape index (κ2) is 8.51. The largest absolute Gasteiger partial charge is 0.308 e. The van der Waals surface area contributed by atoms with Crippen LogP contribution in [0.25, 0.3) is 0 Å². The smallest absolute Gasteiger partial charge is 0.0659 e. The van der Waals surface area contributed by atoms with Gasteiger partial charge >= 0.3 is 0 Å². The Labute approximate surface area is 161 Å². The van der Waals surface area contributed by atoms with Gasteiger partial charge in [0.25, 0.3) is 0 Å². The fourth-order valence-corrected chi connectivity index (χ4v) is 3.97. The van der Waals surface area contributed by atoms with E-state index in [0.717, 1.165) is 32.7 Å². The number of hydrogen-bond donors (Lipinski definition) is 1. The highest BCUT2D eigenvalue weighted by atomic mass is 15.3. The van der Waals surface area contributed by atoms with Crippen molar-refractivity contribution in [2.75, 3.05) is 13.1 Å². The minimum atomic E-state index is 0.545. The average molecular weight is 361 g/mol. The van der Waals surface area contributed by atoms with Gasteiger partial charge in [0.1, 0.15) is 0 Å². The molecule has 140 valence electrons. The van der Waals surface area contributed by atoms with Crippen LogP contribution in [0.1, 0.15) is 23.6 Å². The van der Waals surface area contributed by atoms with E-state index in [2.05, 4.69) is 76.8 Å². The Morgan fingerprint density at radius 3 is 2.56 bits per heavy atom. The van der Waals surface area contributed by atoms with Crippen molar-refractivity contribution in [3.63, 3.8) is 0 Å². The zero-order valence-electron chi connectivity index (χ0n) is 16.0. The van der Waals surface area contributed by atoms with Crippen LogP contribution in [0.2, 0.25) is 0 Å². The number of nitrogens with one attached hydrogen (secondary N) is 1. The van der Waals surface area contributed by atoms with E-state index in [9.17, 15) is 0 Å². The van der Waals surface area contributed by atoms with Crippen LogP contribution in [0.4, 0.5) is 0 Å². The first-order valence-corrected chi connectivity index (χ1v) is 9.81. The summed E-state index contributed by atoms with van der Waals surface area (Å²) >= 11 is 0. The molecule has 2 atom stereocenters. The second-order valence-electron chi connectivity index (χ2n) is 7.67. The van der Waals surface area contributed by atoms with Gasteiger partial charge in [-0.1, -0.05) is 61.5 Å². The summed E-state index contributed by atoms with van der Waals surface area (Å²) in [6.45, 7) is 7.42. The second-order valence-corrected chi connectivity index (χ2v) is 7.67. The van der Waals surface area contributed by atoms with Crippen LogP contribution < -0.4 is 5.32 Å². The number of aromatic nitrogens is 2. The molecule has 4 heteroatoms. The van der Waals surface area contributed by atoms with E-state index in [1.165, 1.54) is 16.7 Å². The molecule has 1 saturated heterocycles. The van der Waals surface area contributed by atoms with Gasteiger partial charge in [-0.25, -0.2) is 0 Å². The van der Waals surface area contributed by atoms with Crippen LogP contribution in [0.15, 0.2) is 73.1 Å².